The van der Waals surface area contributed by atoms with Crippen molar-refractivity contribution < 1.29 is 29.0 Å². The van der Waals surface area contributed by atoms with Crippen LogP contribution in [0.2, 0.25) is 0 Å². The van der Waals surface area contributed by atoms with Crippen LogP contribution in [-0.4, -0.2) is 76.7 Å². The highest BCUT2D eigenvalue weighted by Crippen LogP contribution is 2.71. The van der Waals surface area contributed by atoms with Crippen LogP contribution in [0.15, 0.2) is 49.6 Å². The van der Waals surface area contributed by atoms with Gasteiger partial charge in [0.2, 0.25) is 5.91 Å². The van der Waals surface area contributed by atoms with E-state index in [4.69, 9.17) is 9.47 Å². The highest BCUT2D eigenvalue weighted by Gasteiger charge is 2.77. The van der Waals surface area contributed by atoms with Crippen LogP contribution in [0.25, 0.3) is 0 Å². The van der Waals surface area contributed by atoms with E-state index in [1.54, 1.807) is 59.0 Å². The minimum Gasteiger partial charge on any atom is -0.497 e. The molecule has 3 fully saturated rings. The summed E-state index contributed by atoms with van der Waals surface area (Å²) in [6, 6.07) is 6.41. The third-order valence-electron chi connectivity index (χ3n) is 7.63. The predicted molar refractivity (Wildman–Crippen MR) is 139 cm³/mol. The molecule has 0 aromatic heterocycles. The van der Waals surface area contributed by atoms with E-state index in [1.807, 2.05) is 6.92 Å². The van der Waals surface area contributed by atoms with Crippen molar-refractivity contribution in [3.63, 3.8) is 0 Å². The van der Waals surface area contributed by atoms with Crippen molar-refractivity contribution in [1.82, 2.24) is 4.90 Å². The van der Waals surface area contributed by atoms with Gasteiger partial charge in [0.1, 0.15) is 18.4 Å². The Hall–Kier alpha value is -2.78. The van der Waals surface area contributed by atoms with Crippen LogP contribution in [-0.2, 0) is 19.1 Å². The Morgan fingerprint density at radius 3 is 2.58 bits per heavy atom. The van der Waals surface area contributed by atoms with E-state index < -0.39 is 33.3 Å². The van der Waals surface area contributed by atoms with E-state index in [0.717, 1.165) is 0 Å². The fraction of sp³-hybridized carbons (Fsp3) is 0.519. The summed E-state index contributed by atoms with van der Waals surface area (Å²) in [6.45, 7) is 9.92. The number of hydrogen-bond donors (Lipinski definition) is 1. The van der Waals surface area contributed by atoms with Crippen molar-refractivity contribution in [2.24, 2.45) is 11.8 Å². The molecule has 1 N–H and O–H groups in total. The van der Waals surface area contributed by atoms with E-state index in [-0.39, 0.29) is 38.1 Å². The number of methoxy groups -OCH3 is 1. The summed E-state index contributed by atoms with van der Waals surface area (Å²) >= 11 is 1.59. The molecule has 0 radical (unpaired) electrons. The Balaban J connectivity index is 1.76. The number of carbonyl (C=O) groups is 3. The lowest BCUT2D eigenvalue weighted by atomic mass is 9.66. The molecule has 2 bridgehead atoms. The van der Waals surface area contributed by atoms with Gasteiger partial charge in [-0.15, -0.1) is 18.3 Å². The molecule has 0 aliphatic carbocycles. The molecule has 4 rings (SSSR count). The molecule has 1 aromatic carbocycles. The zero-order valence-corrected chi connectivity index (χ0v) is 21.7. The van der Waals surface area contributed by atoms with Crippen LogP contribution in [0, 0.1) is 11.8 Å². The average molecular weight is 515 g/mol. The third-order valence-corrected chi connectivity index (χ3v) is 9.61. The molecule has 3 heterocycles. The van der Waals surface area contributed by atoms with Crippen molar-refractivity contribution in [1.29, 1.82) is 0 Å². The van der Waals surface area contributed by atoms with Gasteiger partial charge in [0, 0.05) is 30.1 Å². The quantitative estimate of drug-likeness (QED) is 0.358. The van der Waals surface area contributed by atoms with Crippen molar-refractivity contribution in [3.05, 3.63) is 49.6 Å². The molecule has 3 aliphatic rings. The normalized spacial score (nSPS) is 30.1. The zero-order chi connectivity index (χ0) is 26.1. The van der Waals surface area contributed by atoms with Gasteiger partial charge < -0.3 is 24.4 Å². The van der Waals surface area contributed by atoms with Gasteiger partial charge in [-0.05, 0) is 50.5 Å². The minimum absolute atomic E-state index is 0.0746. The molecule has 3 aliphatic heterocycles. The number of nitrogens with zero attached hydrogens (tertiary/aromatic N) is 2. The molecular weight excluding hydrogens is 480 g/mol. The molecule has 2 amide bonds. The van der Waals surface area contributed by atoms with Gasteiger partial charge in [0.05, 0.1) is 23.7 Å². The van der Waals surface area contributed by atoms with E-state index in [9.17, 15) is 19.5 Å². The summed E-state index contributed by atoms with van der Waals surface area (Å²) in [7, 11) is 1.58. The highest BCUT2D eigenvalue weighted by atomic mass is 32.2. The lowest BCUT2D eigenvalue weighted by Gasteiger charge is -2.37. The van der Waals surface area contributed by atoms with Gasteiger partial charge >= 0.3 is 5.97 Å². The molecule has 2 unspecified atom stereocenters. The lowest BCUT2D eigenvalue weighted by molar-refractivity contribution is -0.154. The Morgan fingerprint density at radius 1 is 1.25 bits per heavy atom. The summed E-state index contributed by atoms with van der Waals surface area (Å²) in [4.78, 5) is 44.7. The molecule has 8 nitrogen and oxygen atoms in total. The van der Waals surface area contributed by atoms with Gasteiger partial charge in [0.25, 0.3) is 5.91 Å². The van der Waals surface area contributed by atoms with Crippen LogP contribution in [0.1, 0.15) is 26.2 Å². The second-order valence-electron chi connectivity index (χ2n) is 9.69. The molecule has 3 saturated heterocycles. The van der Waals surface area contributed by atoms with Gasteiger partial charge in [-0.2, -0.15) is 0 Å². The van der Waals surface area contributed by atoms with Gasteiger partial charge in [0.15, 0.2) is 0 Å². The van der Waals surface area contributed by atoms with Crippen molar-refractivity contribution in [3.8, 4) is 5.75 Å². The predicted octanol–water partition coefficient (Wildman–Crippen LogP) is 2.81. The van der Waals surface area contributed by atoms with Crippen molar-refractivity contribution in [2.45, 2.75) is 41.7 Å². The number of benzene rings is 1. The van der Waals surface area contributed by atoms with Crippen LogP contribution in [0.4, 0.5) is 5.69 Å². The Morgan fingerprint density at radius 2 is 1.97 bits per heavy atom. The fourth-order valence-corrected chi connectivity index (χ4v) is 8.48. The minimum atomic E-state index is -0.771. The van der Waals surface area contributed by atoms with Crippen LogP contribution in [0.5, 0.6) is 5.75 Å². The number of anilines is 1. The molecule has 0 saturated carbocycles. The molecule has 1 spiro atoms. The fourth-order valence-electron chi connectivity index (χ4n) is 6.14. The number of fused-ring (bicyclic) bond motifs is 1. The third kappa shape index (κ3) is 4.12. The van der Waals surface area contributed by atoms with E-state index in [2.05, 4.69) is 13.2 Å². The van der Waals surface area contributed by atoms with E-state index in [0.29, 0.717) is 30.7 Å². The summed E-state index contributed by atoms with van der Waals surface area (Å²) < 4.78 is 9.45. The topological polar surface area (TPSA) is 96.4 Å². The number of thioether (sulfide) groups is 1. The molecule has 5 atom stereocenters. The second kappa shape index (κ2) is 10.3. The second-order valence-corrected chi connectivity index (χ2v) is 11.6. The number of hydrogen-bond acceptors (Lipinski definition) is 7. The summed E-state index contributed by atoms with van der Waals surface area (Å²) in [5.74, 6) is -1.49. The van der Waals surface area contributed by atoms with Crippen LogP contribution in [0.3, 0.4) is 0 Å². The lowest BCUT2D eigenvalue weighted by Crippen LogP contribution is -2.55. The summed E-state index contributed by atoms with van der Waals surface area (Å²) in [5, 5.41) is 9.52. The van der Waals surface area contributed by atoms with Crippen LogP contribution < -0.4 is 9.64 Å². The molecule has 9 heteroatoms. The Labute approximate surface area is 216 Å². The number of rotatable bonds is 11. The average Bonchev–Trinajstić information content (AvgIpc) is 3.45. The van der Waals surface area contributed by atoms with Gasteiger partial charge in [-0.25, -0.2) is 0 Å². The van der Waals surface area contributed by atoms with E-state index in [1.165, 1.54) is 6.08 Å². The number of esters is 1. The molecule has 1 aromatic rings. The molecular formula is C27H34N2O6S. The number of carbonyl (C=O) groups excluding carboxylic acids is 3. The van der Waals surface area contributed by atoms with E-state index >= 15 is 0 Å². The number of amides is 2. The number of aliphatic hydroxyl groups is 1. The smallest absolute Gasteiger partial charge is 0.311 e. The maximum Gasteiger partial charge on any atom is 0.311 e. The first-order chi connectivity index (χ1) is 17.3. The van der Waals surface area contributed by atoms with Gasteiger partial charge in [-0.3, -0.25) is 14.4 Å². The van der Waals surface area contributed by atoms with Crippen molar-refractivity contribution in [2.75, 3.05) is 38.3 Å². The SMILES string of the molecule is C=CCOC(=O)[C@H]1[C@H]2C(=O)N(CCCO)C(C(=O)N(CC=C)c3ccc(OC)cc3)C23CC[C@]1(C)S3. The van der Waals surface area contributed by atoms with Gasteiger partial charge in [-0.1, -0.05) is 18.7 Å². The largest absolute Gasteiger partial charge is 0.497 e. The summed E-state index contributed by atoms with van der Waals surface area (Å²) in [6.07, 6.45) is 4.86. The first kappa shape index (κ1) is 26.3. The summed E-state index contributed by atoms with van der Waals surface area (Å²) in [5.41, 5.74) is 0.667. The first-order valence-electron chi connectivity index (χ1n) is 12.2. The number of ether oxygens (including phenoxy) is 2. The molecule has 194 valence electrons. The Kier molecular flexibility index (Phi) is 7.52. The number of likely N-dealkylation sites (tertiary alicyclic amines) is 1. The first-order valence-corrected chi connectivity index (χ1v) is 13.0. The highest BCUT2D eigenvalue weighted by molar-refractivity contribution is 8.02. The standard InChI is InChI=1S/C27H34N2O6S/c1-5-14-28(18-8-10-19(34-4)11-9-18)24(32)22-27-13-12-26(3,36-27)21(25(33)35-17-6-2)20(27)23(31)29(22)15-7-16-30/h5-6,8-11,20-22,30H,1-2,7,12-17H2,3-4H3/t20-,21+,22?,26-,27?/m0/s1. The molecule has 36 heavy (non-hydrogen) atoms. The monoisotopic (exact) mass is 514 g/mol. The van der Waals surface area contributed by atoms with Crippen molar-refractivity contribution >= 4 is 35.2 Å². The number of aliphatic hydroxyl groups excluding tert-OH is 1. The maximum atomic E-state index is 14.3. The Bertz CT molecular complexity index is 1050. The zero-order valence-electron chi connectivity index (χ0n) is 20.9. The van der Waals surface area contributed by atoms with Crippen LogP contribution >= 0.6 is 11.8 Å². The maximum absolute atomic E-state index is 14.3.